The largest absolute Gasteiger partial charge is 0.352 e. The molecule has 1 amide bonds. The highest BCUT2D eigenvalue weighted by molar-refractivity contribution is 9.09. The molecule has 1 fully saturated rings. The van der Waals surface area contributed by atoms with E-state index in [1.54, 1.807) is 0 Å². The summed E-state index contributed by atoms with van der Waals surface area (Å²) in [6.45, 7) is 5.11. The molecule has 1 aliphatic rings. The normalized spacial score (nSPS) is 15.4. The number of amides is 1. The number of halogens is 1. The molecule has 0 radical (unpaired) electrons. The predicted molar refractivity (Wildman–Crippen MR) is 91.5 cm³/mol. The highest BCUT2D eigenvalue weighted by Crippen LogP contribution is 2.21. The Balaban J connectivity index is 1.76. The molecular weight excluding hydrogens is 344 g/mol. The topological polar surface area (TPSA) is 49.3 Å². The minimum Gasteiger partial charge on any atom is -0.352 e. The maximum Gasteiger partial charge on any atom is 0.223 e. The average Bonchev–Trinajstić information content (AvgIpc) is 2.54. The SMILES string of the molecule is Cc1nc2ccccc2nc1N1CCN(C(=O)CCBr)CC1. The van der Waals surface area contributed by atoms with Crippen molar-refractivity contribution in [3.8, 4) is 0 Å². The van der Waals surface area contributed by atoms with Crippen molar-refractivity contribution in [3.05, 3.63) is 30.0 Å². The van der Waals surface area contributed by atoms with Crippen LogP contribution in [0.2, 0.25) is 0 Å². The van der Waals surface area contributed by atoms with Crippen LogP contribution in [0.1, 0.15) is 12.1 Å². The van der Waals surface area contributed by atoms with Crippen LogP contribution in [0.25, 0.3) is 11.0 Å². The Labute approximate surface area is 138 Å². The number of aromatic nitrogens is 2. The van der Waals surface area contributed by atoms with Crippen molar-refractivity contribution in [2.24, 2.45) is 0 Å². The van der Waals surface area contributed by atoms with Crippen molar-refractivity contribution in [2.75, 3.05) is 36.4 Å². The number of para-hydroxylation sites is 2. The van der Waals surface area contributed by atoms with Crippen LogP contribution in [-0.2, 0) is 4.79 Å². The Morgan fingerprint density at radius 2 is 1.77 bits per heavy atom. The molecule has 0 bridgehead atoms. The zero-order chi connectivity index (χ0) is 15.5. The van der Waals surface area contributed by atoms with E-state index < -0.39 is 0 Å². The third kappa shape index (κ3) is 3.06. The molecule has 116 valence electrons. The smallest absolute Gasteiger partial charge is 0.223 e. The zero-order valence-corrected chi connectivity index (χ0v) is 14.2. The van der Waals surface area contributed by atoms with E-state index in [0.29, 0.717) is 6.42 Å². The number of carbonyl (C=O) groups excluding carboxylic acids is 1. The van der Waals surface area contributed by atoms with Gasteiger partial charge in [-0.15, -0.1) is 0 Å². The van der Waals surface area contributed by atoms with Gasteiger partial charge in [-0.2, -0.15) is 0 Å². The number of hydrogen-bond donors (Lipinski definition) is 0. The first-order valence-corrected chi connectivity index (χ1v) is 8.63. The lowest BCUT2D eigenvalue weighted by atomic mass is 10.2. The zero-order valence-electron chi connectivity index (χ0n) is 12.6. The lowest BCUT2D eigenvalue weighted by molar-refractivity contribution is -0.131. The van der Waals surface area contributed by atoms with Gasteiger partial charge in [-0.05, 0) is 19.1 Å². The number of anilines is 1. The number of piperazine rings is 1. The minimum atomic E-state index is 0.220. The van der Waals surface area contributed by atoms with Crippen LogP contribution in [-0.4, -0.2) is 52.3 Å². The van der Waals surface area contributed by atoms with Gasteiger partial charge in [0.1, 0.15) is 0 Å². The Morgan fingerprint density at radius 1 is 1.14 bits per heavy atom. The molecule has 0 unspecified atom stereocenters. The van der Waals surface area contributed by atoms with Crippen LogP contribution in [0.15, 0.2) is 24.3 Å². The van der Waals surface area contributed by atoms with Crippen LogP contribution in [0.4, 0.5) is 5.82 Å². The summed E-state index contributed by atoms with van der Waals surface area (Å²) >= 11 is 3.32. The molecular formula is C16H19BrN4O. The average molecular weight is 363 g/mol. The van der Waals surface area contributed by atoms with E-state index in [2.05, 4.69) is 25.8 Å². The van der Waals surface area contributed by atoms with Crippen molar-refractivity contribution >= 4 is 38.7 Å². The molecule has 1 aromatic carbocycles. The second-order valence-electron chi connectivity index (χ2n) is 5.43. The second kappa shape index (κ2) is 6.60. The molecule has 2 aromatic rings. The Kier molecular flexibility index (Phi) is 4.57. The predicted octanol–water partition coefficient (Wildman–Crippen LogP) is 2.37. The molecule has 0 N–H and O–H groups in total. The first kappa shape index (κ1) is 15.2. The lowest BCUT2D eigenvalue weighted by Crippen LogP contribution is -2.49. The van der Waals surface area contributed by atoms with Crippen molar-refractivity contribution in [3.63, 3.8) is 0 Å². The van der Waals surface area contributed by atoms with Crippen molar-refractivity contribution in [2.45, 2.75) is 13.3 Å². The summed E-state index contributed by atoms with van der Waals surface area (Å²) in [5, 5.41) is 0.724. The molecule has 1 aliphatic heterocycles. The van der Waals surface area contributed by atoms with E-state index in [-0.39, 0.29) is 5.91 Å². The van der Waals surface area contributed by atoms with Gasteiger partial charge in [-0.1, -0.05) is 28.1 Å². The van der Waals surface area contributed by atoms with Gasteiger partial charge >= 0.3 is 0 Å². The van der Waals surface area contributed by atoms with E-state index in [9.17, 15) is 4.79 Å². The monoisotopic (exact) mass is 362 g/mol. The summed E-state index contributed by atoms with van der Waals surface area (Å²) in [4.78, 5) is 25.5. The van der Waals surface area contributed by atoms with E-state index in [0.717, 1.165) is 54.1 Å². The number of aryl methyl sites for hydroxylation is 1. The first-order chi connectivity index (χ1) is 10.7. The van der Waals surface area contributed by atoms with E-state index >= 15 is 0 Å². The van der Waals surface area contributed by atoms with Crippen LogP contribution in [0, 0.1) is 6.92 Å². The summed E-state index contributed by atoms with van der Waals surface area (Å²) in [5.74, 6) is 1.16. The number of nitrogens with zero attached hydrogens (tertiary/aromatic N) is 4. The molecule has 6 heteroatoms. The fourth-order valence-electron chi connectivity index (χ4n) is 2.79. The van der Waals surface area contributed by atoms with Gasteiger partial charge in [0, 0.05) is 37.9 Å². The highest BCUT2D eigenvalue weighted by Gasteiger charge is 2.22. The standard InChI is InChI=1S/C16H19BrN4O/c1-12-16(19-14-5-3-2-4-13(14)18-12)21-10-8-20(9-11-21)15(22)6-7-17/h2-5H,6-11H2,1H3. The lowest BCUT2D eigenvalue weighted by Gasteiger charge is -2.35. The molecule has 0 aliphatic carbocycles. The summed E-state index contributed by atoms with van der Waals surface area (Å²) in [6, 6.07) is 7.93. The van der Waals surface area contributed by atoms with Gasteiger partial charge in [-0.3, -0.25) is 4.79 Å². The maximum atomic E-state index is 11.9. The van der Waals surface area contributed by atoms with Crippen molar-refractivity contribution in [1.82, 2.24) is 14.9 Å². The number of carbonyl (C=O) groups is 1. The maximum absolute atomic E-state index is 11.9. The summed E-state index contributed by atoms with van der Waals surface area (Å²) in [7, 11) is 0. The van der Waals surface area contributed by atoms with Crippen molar-refractivity contribution in [1.29, 1.82) is 0 Å². The number of benzene rings is 1. The summed E-state index contributed by atoms with van der Waals surface area (Å²) in [6.07, 6.45) is 0.564. The summed E-state index contributed by atoms with van der Waals surface area (Å²) < 4.78 is 0. The van der Waals surface area contributed by atoms with Gasteiger partial charge in [-0.25, -0.2) is 9.97 Å². The number of alkyl halides is 1. The molecule has 1 aromatic heterocycles. The number of hydrogen-bond acceptors (Lipinski definition) is 4. The Bertz CT molecular complexity index is 683. The molecule has 22 heavy (non-hydrogen) atoms. The molecule has 1 saturated heterocycles. The van der Waals surface area contributed by atoms with E-state index in [1.807, 2.05) is 36.1 Å². The summed E-state index contributed by atoms with van der Waals surface area (Å²) in [5.41, 5.74) is 2.79. The fourth-order valence-corrected chi connectivity index (χ4v) is 3.12. The van der Waals surface area contributed by atoms with E-state index in [4.69, 9.17) is 4.98 Å². The molecule has 3 rings (SSSR count). The quantitative estimate of drug-likeness (QED) is 0.786. The third-order valence-corrected chi connectivity index (χ3v) is 4.36. The van der Waals surface area contributed by atoms with Crippen LogP contribution < -0.4 is 4.90 Å². The molecule has 0 spiro atoms. The second-order valence-corrected chi connectivity index (χ2v) is 6.22. The molecule has 5 nitrogen and oxygen atoms in total. The molecule has 0 saturated carbocycles. The Morgan fingerprint density at radius 3 is 2.41 bits per heavy atom. The molecule has 2 heterocycles. The van der Waals surface area contributed by atoms with E-state index in [1.165, 1.54) is 0 Å². The van der Waals surface area contributed by atoms with Crippen LogP contribution >= 0.6 is 15.9 Å². The molecule has 0 atom stereocenters. The van der Waals surface area contributed by atoms with Crippen LogP contribution in [0.3, 0.4) is 0 Å². The minimum absolute atomic E-state index is 0.220. The number of fused-ring (bicyclic) bond motifs is 1. The van der Waals surface area contributed by atoms with Crippen LogP contribution in [0.5, 0.6) is 0 Å². The van der Waals surface area contributed by atoms with Gasteiger partial charge in [0.15, 0.2) is 5.82 Å². The third-order valence-electron chi connectivity index (χ3n) is 3.96. The van der Waals surface area contributed by atoms with Gasteiger partial charge in [0.05, 0.1) is 16.7 Å². The van der Waals surface area contributed by atoms with Gasteiger partial charge in [0.25, 0.3) is 0 Å². The van der Waals surface area contributed by atoms with Gasteiger partial charge in [0.2, 0.25) is 5.91 Å². The fraction of sp³-hybridized carbons (Fsp3) is 0.438. The Hall–Kier alpha value is -1.69. The number of rotatable bonds is 3. The van der Waals surface area contributed by atoms with Gasteiger partial charge < -0.3 is 9.80 Å². The highest BCUT2D eigenvalue weighted by atomic mass is 79.9. The van der Waals surface area contributed by atoms with Crippen molar-refractivity contribution < 1.29 is 4.79 Å². The first-order valence-electron chi connectivity index (χ1n) is 7.51.